The van der Waals surface area contributed by atoms with Crippen LogP contribution in [0.15, 0.2) is 29.0 Å². The zero-order valence-electron chi connectivity index (χ0n) is 21.1. The van der Waals surface area contributed by atoms with Crippen molar-refractivity contribution in [1.82, 2.24) is 9.80 Å². The number of hydrogen-bond donors (Lipinski definition) is 0. The smallest absolute Gasteiger partial charge is 0.119 e. The van der Waals surface area contributed by atoms with E-state index in [1.807, 2.05) is 0 Å². The second kappa shape index (κ2) is 15.7. The number of hydrogen-bond acceptors (Lipinski definition) is 4. The van der Waals surface area contributed by atoms with Gasteiger partial charge in [0, 0.05) is 31.4 Å². The van der Waals surface area contributed by atoms with Crippen LogP contribution in [0.4, 0.5) is 4.39 Å². The SMILES string of the molecule is CCN(CCOC(C)C(C)C)CCN(C)C(C)(C)C\N=C/C=C\C(F)=C\CC(C)C. The highest BCUT2D eigenvalue weighted by molar-refractivity contribution is 5.71. The molecule has 0 aromatic carbocycles. The Labute approximate surface area is 186 Å². The van der Waals surface area contributed by atoms with E-state index in [4.69, 9.17) is 4.74 Å². The summed E-state index contributed by atoms with van der Waals surface area (Å²) >= 11 is 0. The summed E-state index contributed by atoms with van der Waals surface area (Å²) < 4.78 is 19.5. The maximum Gasteiger partial charge on any atom is 0.119 e. The molecule has 0 aliphatic rings. The summed E-state index contributed by atoms with van der Waals surface area (Å²) in [5.74, 6) is 0.821. The minimum Gasteiger partial charge on any atom is -0.377 e. The minimum atomic E-state index is -0.196. The molecule has 0 saturated carbocycles. The van der Waals surface area contributed by atoms with Gasteiger partial charge in [0.15, 0.2) is 0 Å². The highest BCUT2D eigenvalue weighted by Crippen LogP contribution is 2.13. The quantitative estimate of drug-likeness (QED) is 0.238. The van der Waals surface area contributed by atoms with E-state index < -0.39 is 0 Å². The van der Waals surface area contributed by atoms with Crippen LogP contribution >= 0.6 is 0 Å². The van der Waals surface area contributed by atoms with Crippen molar-refractivity contribution in [3.63, 3.8) is 0 Å². The van der Waals surface area contributed by atoms with Crippen LogP contribution in [0, 0.1) is 11.8 Å². The molecule has 0 N–H and O–H groups in total. The fourth-order valence-corrected chi connectivity index (χ4v) is 2.59. The molecule has 0 saturated heterocycles. The van der Waals surface area contributed by atoms with Crippen LogP contribution in [0.1, 0.15) is 61.8 Å². The van der Waals surface area contributed by atoms with E-state index in [1.165, 1.54) is 6.08 Å². The number of nitrogens with zero attached hydrogens (tertiary/aromatic N) is 3. The van der Waals surface area contributed by atoms with Crippen molar-refractivity contribution >= 4 is 6.21 Å². The Morgan fingerprint density at radius 2 is 1.77 bits per heavy atom. The molecule has 0 spiro atoms. The average Bonchev–Trinajstić information content (AvgIpc) is 2.67. The van der Waals surface area contributed by atoms with Gasteiger partial charge in [-0.05, 0) is 70.8 Å². The molecule has 5 heteroatoms. The Morgan fingerprint density at radius 1 is 1.10 bits per heavy atom. The van der Waals surface area contributed by atoms with E-state index in [1.54, 1.807) is 18.4 Å². The number of rotatable bonds is 16. The Kier molecular flexibility index (Phi) is 15.2. The van der Waals surface area contributed by atoms with Crippen LogP contribution < -0.4 is 0 Å². The van der Waals surface area contributed by atoms with Gasteiger partial charge < -0.3 is 9.64 Å². The van der Waals surface area contributed by atoms with Crippen molar-refractivity contribution in [2.45, 2.75) is 73.5 Å². The lowest BCUT2D eigenvalue weighted by Crippen LogP contribution is -2.47. The summed E-state index contributed by atoms with van der Waals surface area (Å²) in [6.07, 6.45) is 7.53. The maximum absolute atomic E-state index is 13.6. The van der Waals surface area contributed by atoms with Crippen molar-refractivity contribution in [1.29, 1.82) is 0 Å². The minimum absolute atomic E-state index is 0.0571. The first kappa shape index (κ1) is 29.0. The third-order valence-electron chi connectivity index (χ3n) is 5.67. The van der Waals surface area contributed by atoms with Gasteiger partial charge in [-0.15, -0.1) is 0 Å². The summed E-state index contributed by atoms with van der Waals surface area (Å²) in [6.45, 7) is 22.7. The van der Waals surface area contributed by atoms with Crippen molar-refractivity contribution in [2.75, 3.05) is 46.4 Å². The zero-order chi connectivity index (χ0) is 23.2. The van der Waals surface area contributed by atoms with Crippen LogP contribution in [0.5, 0.6) is 0 Å². The van der Waals surface area contributed by atoms with Crippen molar-refractivity contribution in [2.24, 2.45) is 16.8 Å². The molecule has 0 rings (SSSR count). The molecule has 176 valence electrons. The lowest BCUT2D eigenvalue weighted by atomic mass is 10.0. The number of halogens is 1. The molecule has 0 aliphatic heterocycles. The van der Waals surface area contributed by atoms with Gasteiger partial charge in [0.25, 0.3) is 0 Å². The standard InChI is InChI=1S/C25H48FN3O/c1-10-29(18-19-30-23(6)22(4)5)17-16-28(9)25(7,8)20-27-15-11-12-24(26)14-13-21(2)3/h11-12,14-15,21-23H,10,13,16-20H2,1-9H3/b12-11-,24-14-,27-15-. The first-order valence-electron chi connectivity index (χ1n) is 11.6. The largest absolute Gasteiger partial charge is 0.377 e. The summed E-state index contributed by atoms with van der Waals surface area (Å²) in [7, 11) is 2.14. The van der Waals surface area contributed by atoms with E-state index in [0.29, 0.717) is 24.5 Å². The normalized spacial score (nSPS) is 15.1. The van der Waals surface area contributed by atoms with Crippen LogP contribution in [0.2, 0.25) is 0 Å². The van der Waals surface area contributed by atoms with E-state index in [2.05, 4.69) is 77.2 Å². The predicted octanol–water partition coefficient (Wildman–Crippen LogP) is 5.61. The molecule has 4 nitrogen and oxygen atoms in total. The molecule has 1 unspecified atom stereocenters. The van der Waals surface area contributed by atoms with Gasteiger partial charge in [-0.2, -0.15) is 0 Å². The third kappa shape index (κ3) is 14.1. The molecule has 0 aromatic rings. The summed E-state index contributed by atoms with van der Waals surface area (Å²) in [5.41, 5.74) is -0.0571. The highest BCUT2D eigenvalue weighted by Gasteiger charge is 2.23. The number of ether oxygens (including phenoxy) is 1. The maximum atomic E-state index is 13.6. The monoisotopic (exact) mass is 425 g/mol. The molecular weight excluding hydrogens is 377 g/mol. The molecule has 0 amide bonds. The number of allylic oxidation sites excluding steroid dienone is 4. The molecule has 0 fully saturated rings. The first-order valence-corrected chi connectivity index (χ1v) is 11.6. The van der Waals surface area contributed by atoms with E-state index in [-0.39, 0.29) is 11.4 Å². The van der Waals surface area contributed by atoms with Gasteiger partial charge in [0.2, 0.25) is 0 Å². The molecule has 1 atom stereocenters. The topological polar surface area (TPSA) is 28.1 Å². The van der Waals surface area contributed by atoms with Crippen LogP contribution in [-0.2, 0) is 4.74 Å². The van der Waals surface area contributed by atoms with Crippen LogP contribution in [-0.4, -0.2) is 74.0 Å². The summed E-state index contributed by atoms with van der Waals surface area (Å²) in [5, 5.41) is 0. The van der Waals surface area contributed by atoms with Gasteiger partial charge in [-0.1, -0.05) is 34.6 Å². The highest BCUT2D eigenvalue weighted by atomic mass is 19.1. The Balaban J connectivity index is 4.37. The van der Waals surface area contributed by atoms with E-state index in [9.17, 15) is 4.39 Å². The lowest BCUT2D eigenvalue weighted by Gasteiger charge is -2.36. The number of aliphatic imine (C=N–C) groups is 1. The Morgan fingerprint density at radius 3 is 2.33 bits per heavy atom. The Hall–Kier alpha value is -1.04. The van der Waals surface area contributed by atoms with Crippen molar-refractivity contribution in [3.05, 3.63) is 24.1 Å². The average molecular weight is 426 g/mol. The second-order valence-electron chi connectivity index (χ2n) is 9.56. The first-order chi connectivity index (χ1) is 14.0. The third-order valence-corrected chi connectivity index (χ3v) is 5.67. The molecule has 0 aromatic heterocycles. The molecule has 0 radical (unpaired) electrons. The summed E-state index contributed by atoms with van der Waals surface area (Å²) in [6, 6.07) is 0. The van der Waals surface area contributed by atoms with Crippen LogP contribution in [0.25, 0.3) is 0 Å². The lowest BCUT2D eigenvalue weighted by molar-refractivity contribution is 0.0206. The molecule has 0 aliphatic carbocycles. The van der Waals surface area contributed by atoms with Gasteiger partial charge in [-0.3, -0.25) is 9.89 Å². The Bertz CT molecular complexity index is 526. The molecule has 0 heterocycles. The van der Waals surface area contributed by atoms with Gasteiger partial charge in [0.05, 0.1) is 19.3 Å². The molecular formula is C25H48FN3O. The number of likely N-dealkylation sites (N-methyl/N-ethyl adjacent to an activating group) is 2. The van der Waals surface area contributed by atoms with Crippen molar-refractivity contribution in [3.8, 4) is 0 Å². The van der Waals surface area contributed by atoms with Gasteiger partial charge >= 0.3 is 0 Å². The van der Waals surface area contributed by atoms with E-state index in [0.717, 1.165) is 39.2 Å². The fraction of sp³-hybridized carbons (Fsp3) is 0.800. The second-order valence-corrected chi connectivity index (χ2v) is 9.56. The van der Waals surface area contributed by atoms with Crippen LogP contribution in [0.3, 0.4) is 0 Å². The fourth-order valence-electron chi connectivity index (χ4n) is 2.59. The molecule has 0 bridgehead atoms. The molecule has 30 heavy (non-hydrogen) atoms. The van der Waals surface area contributed by atoms with E-state index >= 15 is 0 Å². The zero-order valence-corrected chi connectivity index (χ0v) is 21.1. The van der Waals surface area contributed by atoms with Gasteiger partial charge in [-0.25, -0.2) is 4.39 Å². The van der Waals surface area contributed by atoms with Crippen molar-refractivity contribution < 1.29 is 9.13 Å². The summed E-state index contributed by atoms with van der Waals surface area (Å²) in [4.78, 5) is 9.26. The predicted molar refractivity (Wildman–Crippen MR) is 130 cm³/mol. The van der Waals surface area contributed by atoms with Gasteiger partial charge in [0.1, 0.15) is 5.83 Å².